The third kappa shape index (κ3) is 5.77. The van der Waals surface area contributed by atoms with E-state index in [0.717, 1.165) is 22.0 Å². The van der Waals surface area contributed by atoms with Gasteiger partial charge in [-0.15, -0.1) is 0 Å². The molecule has 0 atom stereocenters. The van der Waals surface area contributed by atoms with E-state index >= 15 is 0 Å². The molecular weight excluding hydrogens is 444 g/mol. The summed E-state index contributed by atoms with van der Waals surface area (Å²) < 4.78 is 11.0. The van der Waals surface area contributed by atoms with E-state index in [4.69, 9.17) is 9.47 Å². The van der Waals surface area contributed by atoms with E-state index in [9.17, 15) is 14.7 Å². The van der Waals surface area contributed by atoms with Crippen molar-refractivity contribution in [1.82, 2.24) is 0 Å². The number of methoxy groups -OCH3 is 1. The Bertz CT molecular complexity index is 1360. The molecule has 0 heterocycles. The zero-order valence-electron chi connectivity index (χ0n) is 19.5. The van der Waals surface area contributed by atoms with Gasteiger partial charge in [-0.1, -0.05) is 36.4 Å². The highest BCUT2D eigenvalue weighted by Crippen LogP contribution is 2.29. The van der Waals surface area contributed by atoms with E-state index in [-0.39, 0.29) is 25.0 Å². The molecule has 178 valence electrons. The maximum absolute atomic E-state index is 13.0. The molecule has 0 radical (unpaired) electrons. The van der Waals surface area contributed by atoms with Crippen molar-refractivity contribution < 1.29 is 24.2 Å². The smallest absolute Gasteiger partial charge is 0.262 e. The quantitative estimate of drug-likeness (QED) is 0.340. The van der Waals surface area contributed by atoms with Crippen molar-refractivity contribution in [3.8, 4) is 11.5 Å². The predicted octanol–water partition coefficient (Wildman–Crippen LogP) is 4.92. The van der Waals surface area contributed by atoms with Gasteiger partial charge in [0, 0.05) is 28.4 Å². The SMILES string of the molecule is COc1cc(CO)cc(NC(=O)COc2ccc(C(=O)Nc3cccc(C)c3)c3ccccc23)c1. The van der Waals surface area contributed by atoms with Gasteiger partial charge in [0.2, 0.25) is 0 Å². The molecule has 0 bridgehead atoms. The summed E-state index contributed by atoms with van der Waals surface area (Å²) in [4.78, 5) is 25.5. The Labute approximate surface area is 203 Å². The third-order valence-corrected chi connectivity index (χ3v) is 5.43. The summed E-state index contributed by atoms with van der Waals surface area (Å²) in [5, 5.41) is 16.5. The molecule has 7 heteroatoms. The maximum Gasteiger partial charge on any atom is 0.262 e. The highest BCUT2D eigenvalue weighted by Gasteiger charge is 2.15. The van der Waals surface area contributed by atoms with Crippen molar-refractivity contribution in [2.45, 2.75) is 13.5 Å². The number of amides is 2. The number of ether oxygens (including phenoxy) is 2. The molecule has 0 saturated heterocycles. The van der Waals surface area contributed by atoms with Crippen molar-refractivity contribution >= 4 is 34.0 Å². The van der Waals surface area contributed by atoms with Crippen LogP contribution in [-0.2, 0) is 11.4 Å². The molecule has 0 aliphatic heterocycles. The third-order valence-electron chi connectivity index (χ3n) is 5.43. The molecule has 4 aromatic rings. The van der Waals surface area contributed by atoms with E-state index in [2.05, 4.69) is 10.6 Å². The highest BCUT2D eigenvalue weighted by molar-refractivity contribution is 6.14. The van der Waals surface area contributed by atoms with Gasteiger partial charge in [0.1, 0.15) is 11.5 Å². The number of fused-ring (bicyclic) bond motifs is 1. The van der Waals surface area contributed by atoms with E-state index in [1.807, 2.05) is 55.5 Å². The van der Waals surface area contributed by atoms with Crippen LogP contribution in [0.2, 0.25) is 0 Å². The fourth-order valence-corrected chi connectivity index (χ4v) is 3.80. The van der Waals surface area contributed by atoms with Crippen LogP contribution >= 0.6 is 0 Å². The summed E-state index contributed by atoms with van der Waals surface area (Å²) in [5.41, 5.74) is 3.39. The van der Waals surface area contributed by atoms with Crippen LogP contribution < -0.4 is 20.1 Å². The van der Waals surface area contributed by atoms with Gasteiger partial charge in [0.25, 0.3) is 11.8 Å². The Hall–Kier alpha value is -4.36. The number of carbonyl (C=O) groups excluding carboxylic acids is 2. The van der Waals surface area contributed by atoms with E-state index in [1.54, 1.807) is 30.3 Å². The average Bonchev–Trinajstić information content (AvgIpc) is 2.86. The first-order valence-corrected chi connectivity index (χ1v) is 11.1. The molecule has 0 spiro atoms. The van der Waals surface area contributed by atoms with Crippen molar-refractivity contribution in [3.05, 3.63) is 95.6 Å². The van der Waals surface area contributed by atoms with E-state index < -0.39 is 0 Å². The fourth-order valence-electron chi connectivity index (χ4n) is 3.80. The molecule has 0 unspecified atom stereocenters. The number of nitrogens with one attached hydrogen (secondary N) is 2. The van der Waals surface area contributed by atoms with Crippen molar-refractivity contribution in [2.75, 3.05) is 24.4 Å². The second kappa shape index (κ2) is 10.7. The summed E-state index contributed by atoms with van der Waals surface area (Å²) >= 11 is 0. The van der Waals surface area contributed by atoms with Crippen LogP contribution in [0.5, 0.6) is 11.5 Å². The molecule has 0 fully saturated rings. The van der Waals surface area contributed by atoms with Gasteiger partial charge in [0.05, 0.1) is 13.7 Å². The monoisotopic (exact) mass is 470 g/mol. The minimum absolute atomic E-state index is 0.174. The van der Waals surface area contributed by atoms with Gasteiger partial charge in [0.15, 0.2) is 6.61 Å². The number of rotatable bonds is 8. The minimum Gasteiger partial charge on any atom is -0.497 e. The Balaban J connectivity index is 1.50. The predicted molar refractivity (Wildman–Crippen MR) is 136 cm³/mol. The number of hydrogen-bond donors (Lipinski definition) is 3. The zero-order chi connectivity index (χ0) is 24.8. The number of carbonyl (C=O) groups is 2. The molecular formula is C28H26N2O5. The standard InChI is InChI=1S/C28H26N2O5/c1-18-6-5-7-20(12-18)30-28(33)25-10-11-26(24-9-4-3-8-23(24)25)35-17-27(32)29-21-13-19(16-31)14-22(15-21)34-2/h3-15,31H,16-17H2,1-2H3,(H,29,32)(H,30,33). The average molecular weight is 471 g/mol. The molecule has 3 N–H and O–H groups in total. The van der Waals surface area contributed by atoms with Crippen LogP contribution in [0.4, 0.5) is 11.4 Å². The maximum atomic E-state index is 13.0. The molecule has 7 nitrogen and oxygen atoms in total. The number of aliphatic hydroxyl groups excluding tert-OH is 1. The van der Waals surface area contributed by atoms with Gasteiger partial charge in [-0.25, -0.2) is 0 Å². The Morgan fingerprint density at radius 2 is 1.66 bits per heavy atom. The summed E-state index contributed by atoms with van der Waals surface area (Å²) in [7, 11) is 1.52. The van der Waals surface area contributed by atoms with Gasteiger partial charge in [-0.3, -0.25) is 9.59 Å². The number of anilines is 2. The first-order chi connectivity index (χ1) is 17.0. The number of hydrogen-bond acceptors (Lipinski definition) is 5. The molecule has 0 aliphatic rings. The van der Waals surface area contributed by atoms with Crippen molar-refractivity contribution in [2.24, 2.45) is 0 Å². The van der Waals surface area contributed by atoms with Crippen molar-refractivity contribution in [3.63, 3.8) is 0 Å². The molecule has 35 heavy (non-hydrogen) atoms. The van der Waals surface area contributed by atoms with Crippen LogP contribution in [0, 0.1) is 6.92 Å². The van der Waals surface area contributed by atoms with E-state index in [0.29, 0.717) is 28.3 Å². The first kappa shape index (κ1) is 23.8. The molecule has 2 amide bonds. The van der Waals surface area contributed by atoms with Crippen molar-refractivity contribution in [1.29, 1.82) is 0 Å². The van der Waals surface area contributed by atoms with Crippen LogP contribution in [0.3, 0.4) is 0 Å². The fraction of sp³-hybridized carbons (Fsp3) is 0.143. The normalized spacial score (nSPS) is 10.6. The largest absolute Gasteiger partial charge is 0.497 e. The highest BCUT2D eigenvalue weighted by atomic mass is 16.5. The van der Waals surface area contributed by atoms with Crippen LogP contribution in [0.15, 0.2) is 78.9 Å². The zero-order valence-corrected chi connectivity index (χ0v) is 19.5. The lowest BCUT2D eigenvalue weighted by Gasteiger charge is -2.14. The lowest BCUT2D eigenvalue weighted by Crippen LogP contribution is -2.20. The molecule has 0 saturated carbocycles. The van der Waals surface area contributed by atoms with Crippen LogP contribution in [0.25, 0.3) is 10.8 Å². The van der Waals surface area contributed by atoms with Crippen LogP contribution in [0.1, 0.15) is 21.5 Å². The number of aryl methyl sites for hydroxylation is 1. The topological polar surface area (TPSA) is 96.9 Å². The molecule has 0 aromatic heterocycles. The summed E-state index contributed by atoms with van der Waals surface area (Å²) in [6.45, 7) is 1.56. The lowest BCUT2D eigenvalue weighted by atomic mass is 10.0. The molecule has 4 rings (SSSR count). The number of aliphatic hydroxyl groups is 1. The Kier molecular flexibility index (Phi) is 7.28. The first-order valence-electron chi connectivity index (χ1n) is 11.1. The second-order valence-corrected chi connectivity index (χ2v) is 8.05. The van der Waals surface area contributed by atoms with Gasteiger partial charge in [-0.05, 0) is 59.8 Å². The Morgan fingerprint density at radius 3 is 2.40 bits per heavy atom. The summed E-state index contributed by atoms with van der Waals surface area (Å²) in [6.07, 6.45) is 0. The van der Waals surface area contributed by atoms with Gasteiger partial charge >= 0.3 is 0 Å². The van der Waals surface area contributed by atoms with Gasteiger partial charge < -0.3 is 25.2 Å². The molecule has 0 aliphatic carbocycles. The number of benzene rings is 4. The Morgan fingerprint density at radius 1 is 0.857 bits per heavy atom. The molecule has 4 aromatic carbocycles. The van der Waals surface area contributed by atoms with E-state index in [1.165, 1.54) is 7.11 Å². The second-order valence-electron chi connectivity index (χ2n) is 8.05. The lowest BCUT2D eigenvalue weighted by molar-refractivity contribution is -0.118. The summed E-state index contributed by atoms with van der Waals surface area (Å²) in [5.74, 6) is 0.420. The van der Waals surface area contributed by atoms with Gasteiger partial charge in [-0.2, -0.15) is 0 Å². The summed E-state index contributed by atoms with van der Waals surface area (Å²) in [6, 6.07) is 23.4. The van der Waals surface area contributed by atoms with Crippen LogP contribution in [-0.4, -0.2) is 30.6 Å². The minimum atomic E-state index is -0.368.